The monoisotopic (exact) mass is 368 g/mol. The van der Waals surface area contributed by atoms with Crippen molar-refractivity contribution in [3.8, 4) is 11.5 Å². The van der Waals surface area contributed by atoms with Gasteiger partial charge in [-0.2, -0.15) is 0 Å². The molecule has 144 valence electrons. The lowest BCUT2D eigenvalue weighted by Gasteiger charge is -2.28. The maximum Gasteiger partial charge on any atom is 0.261 e. The molecule has 0 bridgehead atoms. The second kappa shape index (κ2) is 9.31. The van der Waals surface area contributed by atoms with Crippen LogP contribution in [0.3, 0.4) is 0 Å². The van der Waals surface area contributed by atoms with Crippen LogP contribution in [0.2, 0.25) is 0 Å². The lowest BCUT2D eigenvalue weighted by Crippen LogP contribution is -2.35. The minimum Gasteiger partial charge on any atom is -0.497 e. The average Bonchev–Trinajstić information content (AvgIpc) is 2.73. The van der Waals surface area contributed by atoms with Crippen LogP contribution in [0.15, 0.2) is 48.5 Å². The zero-order chi connectivity index (χ0) is 19.1. The Morgan fingerprint density at radius 2 is 1.78 bits per heavy atom. The number of ether oxygens (including phenoxy) is 2. The van der Waals surface area contributed by atoms with Crippen molar-refractivity contribution in [3.63, 3.8) is 0 Å². The van der Waals surface area contributed by atoms with E-state index in [4.69, 9.17) is 9.47 Å². The summed E-state index contributed by atoms with van der Waals surface area (Å²) >= 11 is 0. The van der Waals surface area contributed by atoms with Gasteiger partial charge in [-0.3, -0.25) is 4.79 Å². The second-order valence-corrected chi connectivity index (χ2v) is 6.87. The third kappa shape index (κ3) is 5.39. The lowest BCUT2D eigenvalue weighted by atomic mass is 10.1. The van der Waals surface area contributed by atoms with E-state index in [1.165, 1.54) is 24.9 Å². The van der Waals surface area contributed by atoms with Gasteiger partial charge in [0.2, 0.25) is 0 Å². The summed E-state index contributed by atoms with van der Waals surface area (Å²) in [6.07, 6.45) is 3.28. The second-order valence-electron chi connectivity index (χ2n) is 6.87. The van der Waals surface area contributed by atoms with Crippen molar-refractivity contribution in [2.45, 2.75) is 38.8 Å². The standard InChI is InChI=1S/C22H28N2O3/c1-17(27-21-8-6-7-20(15-21)26-2)22(25)23-16-18-9-11-19(12-10-18)24-13-4-3-5-14-24/h6-12,15,17H,3-5,13-14,16H2,1-2H3,(H,23,25)/t17-/m1/s1. The Morgan fingerprint density at radius 1 is 1.07 bits per heavy atom. The van der Waals surface area contributed by atoms with Crippen molar-refractivity contribution in [2.75, 3.05) is 25.1 Å². The molecule has 0 aromatic heterocycles. The predicted octanol–water partition coefficient (Wildman–Crippen LogP) is 3.77. The molecule has 2 aromatic rings. The fraction of sp³-hybridized carbons (Fsp3) is 0.409. The molecule has 1 N–H and O–H groups in total. The van der Waals surface area contributed by atoms with Crippen LogP contribution in [-0.2, 0) is 11.3 Å². The minimum absolute atomic E-state index is 0.141. The Hall–Kier alpha value is -2.69. The number of nitrogens with zero attached hydrogens (tertiary/aromatic N) is 1. The maximum absolute atomic E-state index is 12.3. The number of rotatable bonds is 7. The number of piperidine rings is 1. The third-order valence-corrected chi connectivity index (χ3v) is 4.85. The first-order valence-corrected chi connectivity index (χ1v) is 9.58. The number of amides is 1. The molecular formula is C22H28N2O3. The van der Waals surface area contributed by atoms with Gasteiger partial charge in [-0.15, -0.1) is 0 Å². The SMILES string of the molecule is COc1cccc(O[C@H](C)C(=O)NCc2ccc(N3CCCCC3)cc2)c1. The third-order valence-electron chi connectivity index (χ3n) is 4.85. The van der Waals surface area contributed by atoms with E-state index in [0.717, 1.165) is 18.7 Å². The van der Waals surface area contributed by atoms with Crippen molar-refractivity contribution in [1.29, 1.82) is 0 Å². The number of methoxy groups -OCH3 is 1. The van der Waals surface area contributed by atoms with Crippen molar-refractivity contribution in [1.82, 2.24) is 5.32 Å². The summed E-state index contributed by atoms with van der Waals surface area (Å²) in [4.78, 5) is 14.7. The van der Waals surface area contributed by atoms with E-state index in [1.54, 1.807) is 20.1 Å². The molecule has 0 spiro atoms. The van der Waals surface area contributed by atoms with E-state index in [2.05, 4.69) is 34.5 Å². The Kier molecular flexibility index (Phi) is 6.58. The fourth-order valence-corrected chi connectivity index (χ4v) is 3.24. The van der Waals surface area contributed by atoms with Gasteiger partial charge in [-0.25, -0.2) is 0 Å². The predicted molar refractivity (Wildman–Crippen MR) is 107 cm³/mol. The Balaban J connectivity index is 1.49. The van der Waals surface area contributed by atoms with Gasteiger partial charge in [-0.05, 0) is 56.0 Å². The van der Waals surface area contributed by atoms with E-state index < -0.39 is 6.10 Å². The molecule has 0 radical (unpaired) electrons. The van der Waals surface area contributed by atoms with E-state index in [1.807, 2.05) is 18.2 Å². The Morgan fingerprint density at radius 3 is 2.48 bits per heavy atom. The number of hydrogen-bond acceptors (Lipinski definition) is 4. The van der Waals surface area contributed by atoms with Gasteiger partial charge in [0.05, 0.1) is 7.11 Å². The van der Waals surface area contributed by atoms with E-state index in [-0.39, 0.29) is 5.91 Å². The maximum atomic E-state index is 12.3. The van der Waals surface area contributed by atoms with Crippen LogP contribution in [0.5, 0.6) is 11.5 Å². The molecule has 1 aliphatic heterocycles. The molecule has 1 saturated heterocycles. The molecule has 0 saturated carbocycles. The molecule has 1 aliphatic rings. The Labute approximate surface area is 161 Å². The van der Waals surface area contributed by atoms with E-state index >= 15 is 0 Å². The highest BCUT2D eigenvalue weighted by molar-refractivity contribution is 5.80. The molecule has 0 unspecified atom stereocenters. The van der Waals surface area contributed by atoms with Crippen molar-refractivity contribution in [3.05, 3.63) is 54.1 Å². The van der Waals surface area contributed by atoms with Gasteiger partial charge in [0.25, 0.3) is 5.91 Å². The van der Waals surface area contributed by atoms with Crippen LogP contribution in [0.1, 0.15) is 31.7 Å². The summed E-state index contributed by atoms with van der Waals surface area (Å²) in [6, 6.07) is 15.7. The van der Waals surface area contributed by atoms with E-state index in [9.17, 15) is 4.79 Å². The molecule has 1 fully saturated rings. The van der Waals surface area contributed by atoms with Crippen LogP contribution < -0.4 is 19.7 Å². The van der Waals surface area contributed by atoms with Crippen LogP contribution >= 0.6 is 0 Å². The molecule has 1 atom stereocenters. The van der Waals surface area contributed by atoms with Gasteiger partial charge in [0, 0.05) is 31.4 Å². The zero-order valence-corrected chi connectivity index (χ0v) is 16.1. The summed E-state index contributed by atoms with van der Waals surface area (Å²) in [5.41, 5.74) is 2.34. The van der Waals surface area contributed by atoms with Crippen LogP contribution in [0.25, 0.3) is 0 Å². The highest BCUT2D eigenvalue weighted by atomic mass is 16.5. The largest absolute Gasteiger partial charge is 0.497 e. The molecule has 1 heterocycles. The van der Waals surface area contributed by atoms with Gasteiger partial charge in [0.15, 0.2) is 6.10 Å². The lowest BCUT2D eigenvalue weighted by molar-refractivity contribution is -0.127. The smallest absolute Gasteiger partial charge is 0.261 e. The highest BCUT2D eigenvalue weighted by Crippen LogP contribution is 2.21. The average molecular weight is 368 g/mol. The number of carbonyl (C=O) groups excluding carboxylic acids is 1. The molecule has 1 amide bonds. The molecule has 5 heteroatoms. The molecule has 3 rings (SSSR count). The molecule has 5 nitrogen and oxygen atoms in total. The van der Waals surface area contributed by atoms with Gasteiger partial charge in [-0.1, -0.05) is 18.2 Å². The van der Waals surface area contributed by atoms with Crippen molar-refractivity contribution < 1.29 is 14.3 Å². The summed E-state index contributed by atoms with van der Waals surface area (Å²) < 4.78 is 10.9. The van der Waals surface area contributed by atoms with Gasteiger partial charge < -0.3 is 19.7 Å². The summed E-state index contributed by atoms with van der Waals surface area (Å²) in [5.74, 6) is 1.18. The summed E-state index contributed by atoms with van der Waals surface area (Å²) in [5, 5.41) is 2.94. The highest BCUT2D eigenvalue weighted by Gasteiger charge is 2.15. The fourth-order valence-electron chi connectivity index (χ4n) is 3.24. The first-order chi connectivity index (χ1) is 13.2. The van der Waals surface area contributed by atoms with Gasteiger partial charge in [0.1, 0.15) is 11.5 Å². The number of benzene rings is 2. The summed E-state index contributed by atoms with van der Waals surface area (Å²) in [6.45, 7) is 4.50. The van der Waals surface area contributed by atoms with E-state index in [0.29, 0.717) is 18.0 Å². The number of hydrogen-bond donors (Lipinski definition) is 1. The van der Waals surface area contributed by atoms with Crippen molar-refractivity contribution >= 4 is 11.6 Å². The molecule has 27 heavy (non-hydrogen) atoms. The van der Waals surface area contributed by atoms with Gasteiger partial charge >= 0.3 is 0 Å². The molecular weight excluding hydrogens is 340 g/mol. The summed E-state index contributed by atoms with van der Waals surface area (Å²) in [7, 11) is 1.60. The quantitative estimate of drug-likeness (QED) is 0.808. The first-order valence-electron chi connectivity index (χ1n) is 9.58. The molecule has 2 aromatic carbocycles. The minimum atomic E-state index is -0.579. The van der Waals surface area contributed by atoms with Crippen molar-refractivity contribution in [2.24, 2.45) is 0 Å². The van der Waals surface area contributed by atoms with Crippen LogP contribution in [0.4, 0.5) is 5.69 Å². The topological polar surface area (TPSA) is 50.8 Å². The number of carbonyl (C=O) groups is 1. The first kappa shape index (κ1) is 19.1. The molecule has 0 aliphatic carbocycles. The number of nitrogens with one attached hydrogen (secondary N) is 1. The zero-order valence-electron chi connectivity index (χ0n) is 16.1. The van der Waals surface area contributed by atoms with Crippen LogP contribution in [-0.4, -0.2) is 32.2 Å². The van der Waals surface area contributed by atoms with Crippen LogP contribution in [0, 0.1) is 0 Å². The normalized spacial score (nSPS) is 15.1. The number of anilines is 1. The Bertz CT molecular complexity index is 739.